The van der Waals surface area contributed by atoms with Gasteiger partial charge in [-0.05, 0) is 19.9 Å². The molecule has 11 heavy (non-hydrogen) atoms. The SMILES string of the molecule is CC1=Cc2nc(C)cn2C1=O. The van der Waals surface area contributed by atoms with Crippen LogP contribution in [0.1, 0.15) is 23.2 Å². The number of aryl methyl sites for hydroxylation is 1. The molecule has 2 heterocycles. The molecule has 2 rings (SSSR count). The van der Waals surface area contributed by atoms with Crippen molar-refractivity contribution in [2.75, 3.05) is 0 Å². The fourth-order valence-corrected chi connectivity index (χ4v) is 1.23. The lowest BCUT2D eigenvalue weighted by Crippen LogP contribution is -2.05. The van der Waals surface area contributed by atoms with Gasteiger partial charge in [0.25, 0.3) is 5.91 Å². The van der Waals surface area contributed by atoms with Crippen LogP contribution in [0, 0.1) is 6.92 Å². The predicted octanol–water partition coefficient (Wildman–Crippen LogP) is 1.25. The number of rotatable bonds is 0. The molecular weight excluding hydrogens is 140 g/mol. The summed E-state index contributed by atoms with van der Waals surface area (Å²) in [5, 5.41) is 0. The lowest BCUT2D eigenvalue weighted by Gasteiger charge is -1.91. The predicted molar refractivity (Wildman–Crippen MR) is 41.2 cm³/mol. The summed E-state index contributed by atoms with van der Waals surface area (Å²) < 4.78 is 1.57. The summed E-state index contributed by atoms with van der Waals surface area (Å²) >= 11 is 0. The van der Waals surface area contributed by atoms with E-state index in [9.17, 15) is 4.79 Å². The Morgan fingerprint density at radius 1 is 1.45 bits per heavy atom. The van der Waals surface area contributed by atoms with Gasteiger partial charge in [-0.2, -0.15) is 0 Å². The van der Waals surface area contributed by atoms with Gasteiger partial charge in [0.1, 0.15) is 5.82 Å². The van der Waals surface area contributed by atoms with Gasteiger partial charge in [0.15, 0.2) is 0 Å². The van der Waals surface area contributed by atoms with Gasteiger partial charge in [0, 0.05) is 11.8 Å². The van der Waals surface area contributed by atoms with E-state index < -0.39 is 0 Å². The second-order valence-electron chi connectivity index (χ2n) is 2.74. The zero-order chi connectivity index (χ0) is 8.01. The largest absolute Gasteiger partial charge is 0.269 e. The maximum atomic E-state index is 11.3. The monoisotopic (exact) mass is 148 g/mol. The van der Waals surface area contributed by atoms with Crippen molar-refractivity contribution < 1.29 is 4.79 Å². The first-order chi connectivity index (χ1) is 5.18. The van der Waals surface area contributed by atoms with Crippen LogP contribution < -0.4 is 0 Å². The highest BCUT2D eigenvalue weighted by molar-refractivity contribution is 6.03. The summed E-state index contributed by atoms with van der Waals surface area (Å²) in [5.41, 5.74) is 1.64. The second-order valence-corrected chi connectivity index (χ2v) is 2.74. The molecule has 0 unspecified atom stereocenters. The second kappa shape index (κ2) is 1.81. The maximum Gasteiger partial charge on any atom is 0.259 e. The van der Waals surface area contributed by atoms with E-state index in [-0.39, 0.29) is 5.91 Å². The van der Waals surface area contributed by atoms with Crippen LogP contribution in [0.25, 0.3) is 6.08 Å². The summed E-state index contributed by atoms with van der Waals surface area (Å²) in [6, 6.07) is 0. The molecule has 0 aromatic carbocycles. The van der Waals surface area contributed by atoms with Gasteiger partial charge in [-0.25, -0.2) is 4.98 Å². The smallest absolute Gasteiger partial charge is 0.259 e. The van der Waals surface area contributed by atoms with Gasteiger partial charge >= 0.3 is 0 Å². The number of carbonyl (C=O) groups is 1. The molecular formula is C8H8N2O. The number of fused-ring (bicyclic) bond motifs is 1. The Morgan fingerprint density at radius 3 is 2.82 bits per heavy atom. The Balaban J connectivity index is 2.65. The van der Waals surface area contributed by atoms with E-state index >= 15 is 0 Å². The first kappa shape index (κ1) is 6.34. The van der Waals surface area contributed by atoms with Gasteiger partial charge in [0.2, 0.25) is 0 Å². The lowest BCUT2D eigenvalue weighted by atomic mass is 10.3. The molecule has 0 amide bonds. The van der Waals surface area contributed by atoms with E-state index in [0.717, 1.165) is 17.1 Å². The number of hydrogen-bond acceptors (Lipinski definition) is 2. The normalized spacial score (nSPS) is 15.1. The third-order valence-electron chi connectivity index (χ3n) is 1.76. The molecule has 56 valence electrons. The Labute approximate surface area is 64.4 Å². The Morgan fingerprint density at radius 2 is 2.18 bits per heavy atom. The quantitative estimate of drug-likeness (QED) is 0.555. The van der Waals surface area contributed by atoms with Crippen molar-refractivity contribution in [3.63, 3.8) is 0 Å². The minimum absolute atomic E-state index is 0.0422. The molecule has 1 aromatic heterocycles. The molecule has 3 heteroatoms. The Hall–Kier alpha value is -1.38. The number of nitrogens with zero attached hydrogens (tertiary/aromatic N) is 2. The van der Waals surface area contributed by atoms with E-state index in [1.54, 1.807) is 23.8 Å². The van der Waals surface area contributed by atoms with Crippen LogP contribution in [0.4, 0.5) is 0 Å². The molecule has 0 aliphatic carbocycles. The molecule has 3 nitrogen and oxygen atoms in total. The van der Waals surface area contributed by atoms with Crippen molar-refractivity contribution in [1.29, 1.82) is 0 Å². The first-order valence-corrected chi connectivity index (χ1v) is 3.47. The Bertz CT molecular complexity index is 360. The highest BCUT2D eigenvalue weighted by Gasteiger charge is 2.19. The third kappa shape index (κ3) is 0.738. The van der Waals surface area contributed by atoms with E-state index in [0.29, 0.717) is 0 Å². The fourth-order valence-electron chi connectivity index (χ4n) is 1.23. The molecule has 0 fully saturated rings. The highest BCUT2D eigenvalue weighted by atomic mass is 16.2. The van der Waals surface area contributed by atoms with Crippen molar-refractivity contribution >= 4 is 12.0 Å². The summed E-state index contributed by atoms with van der Waals surface area (Å²) in [4.78, 5) is 15.4. The molecule has 0 saturated carbocycles. The van der Waals surface area contributed by atoms with Crippen molar-refractivity contribution in [2.24, 2.45) is 0 Å². The fraction of sp³-hybridized carbons (Fsp3) is 0.250. The summed E-state index contributed by atoms with van der Waals surface area (Å²) in [6.07, 6.45) is 3.56. The van der Waals surface area contributed by atoms with E-state index in [4.69, 9.17) is 0 Å². The van der Waals surface area contributed by atoms with Gasteiger partial charge < -0.3 is 0 Å². The average molecular weight is 148 g/mol. The van der Waals surface area contributed by atoms with E-state index in [1.807, 2.05) is 6.92 Å². The molecule has 0 radical (unpaired) electrons. The standard InChI is InChI=1S/C8H8N2O/c1-5-3-7-9-6(2)4-10(7)8(5)11/h3-4H,1-2H3. The Kier molecular flexibility index (Phi) is 1.04. The van der Waals surface area contributed by atoms with Crippen LogP contribution >= 0.6 is 0 Å². The van der Waals surface area contributed by atoms with Gasteiger partial charge in [-0.15, -0.1) is 0 Å². The van der Waals surface area contributed by atoms with Gasteiger partial charge in [-0.3, -0.25) is 9.36 Å². The number of hydrogen-bond donors (Lipinski definition) is 0. The molecule has 0 atom stereocenters. The third-order valence-corrected chi connectivity index (χ3v) is 1.76. The van der Waals surface area contributed by atoms with E-state index in [1.165, 1.54) is 0 Å². The van der Waals surface area contributed by atoms with Crippen molar-refractivity contribution in [3.8, 4) is 0 Å². The first-order valence-electron chi connectivity index (χ1n) is 3.47. The van der Waals surface area contributed by atoms with Crippen LogP contribution in [-0.2, 0) is 0 Å². The number of aromatic nitrogens is 2. The number of carbonyl (C=O) groups excluding carboxylic acids is 1. The van der Waals surface area contributed by atoms with Crippen molar-refractivity contribution in [3.05, 3.63) is 23.3 Å². The average Bonchev–Trinajstić information content (AvgIpc) is 2.37. The van der Waals surface area contributed by atoms with Gasteiger partial charge in [0.05, 0.1) is 5.69 Å². The summed E-state index contributed by atoms with van der Waals surface area (Å²) in [6.45, 7) is 3.67. The van der Waals surface area contributed by atoms with Crippen LogP contribution in [-0.4, -0.2) is 15.5 Å². The molecule has 1 aliphatic rings. The number of imidazole rings is 1. The topological polar surface area (TPSA) is 34.9 Å². The van der Waals surface area contributed by atoms with E-state index in [2.05, 4.69) is 4.98 Å². The molecule has 0 N–H and O–H groups in total. The minimum Gasteiger partial charge on any atom is -0.269 e. The summed E-state index contributed by atoms with van der Waals surface area (Å²) in [7, 11) is 0. The highest BCUT2D eigenvalue weighted by Crippen LogP contribution is 2.16. The minimum atomic E-state index is 0.0422. The zero-order valence-corrected chi connectivity index (χ0v) is 6.46. The van der Waals surface area contributed by atoms with Crippen LogP contribution in [0.3, 0.4) is 0 Å². The maximum absolute atomic E-state index is 11.3. The molecule has 1 aliphatic heterocycles. The van der Waals surface area contributed by atoms with Crippen LogP contribution in [0.2, 0.25) is 0 Å². The molecule has 0 spiro atoms. The van der Waals surface area contributed by atoms with Crippen molar-refractivity contribution in [2.45, 2.75) is 13.8 Å². The summed E-state index contributed by atoms with van der Waals surface area (Å²) in [5.74, 6) is 0.797. The zero-order valence-electron chi connectivity index (χ0n) is 6.46. The number of allylic oxidation sites excluding steroid dienone is 1. The molecule has 1 aromatic rings. The molecule has 0 saturated heterocycles. The van der Waals surface area contributed by atoms with Crippen molar-refractivity contribution in [1.82, 2.24) is 9.55 Å². The lowest BCUT2D eigenvalue weighted by molar-refractivity contribution is 0.0961. The molecule has 0 bridgehead atoms. The van der Waals surface area contributed by atoms with Gasteiger partial charge in [-0.1, -0.05) is 0 Å². The van der Waals surface area contributed by atoms with Crippen LogP contribution in [0.5, 0.6) is 0 Å². The van der Waals surface area contributed by atoms with Crippen LogP contribution in [0.15, 0.2) is 11.8 Å².